The predicted octanol–water partition coefficient (Wildman–Crippen LogP) is 2.59. The lowest BCUT2D eigenvalue weighted by molar-refractivity contribution is -0.129. The van der Waals surface area contributed by atoms with Gasteiger partial charge in [0.1, 0.15) is 5.82 Å². The van der Waals surface area contributed by atoms with Crippen molar-refractivity contribution in [3.05, 3.63) is 46.4 Å². The minimum Gasteiger partial charge on any atom is -0.339 e. The summed E-state index contributed by atoms with van der Waals surface area (Å²) in [6.07, 6.45) is 1.40. The average Bonchev–Trinajstić information content (AvgIpc) is 3.04. The van der Waals surface area contributed by atoms with Crippen molar-refractivity contribution in [3.63, 3.8) is 0 Å². The van der Waals surface area contributed by atoms with Gasteiger partial charge in [-0.1, -0.05) is 39.8 Å². The standard InChI is InChI=1S/C16H17BrFN3O2S/c1-10-14(19-9-22)24-16(20-7-6-13(17)15(20)23)21(10)8-11-2-4-12(18)5-3-11/h2-5,9,13,16H,6-8H2,1H3,(H,19,22). The van der Waals surface area contributed by atoms with Crippen LogP contribution >= 0.6 is 27.7 Å². The van der Waals surface area contributed by atoms with Crippen molar-refractivity contribution in [3.8, 4) is 0 Å². The molecule has 1 N–H and O–H groups in total. The number of hydrogen-bond donors (Lipinski definition) is 1. The molecule has 0 spiro atoms. The Morgan fingerprint density at radius 1 is 1.42 bits per heavy atom. The van der Waals surface area contributed by atoms with E-state index in [0.29, 0.717) is 19.5 Å². The van der Waals surface area contributed by atoms with Crippen molar-refractivity contribution in [1.29, 1.82) is 0 Å². The van der Waals surface area contributed by atoms with Crippen LogP contribution in [0.1, 0.15) is 18.9 Å². The number of carbonyl (C=O) groups excluding carboxylic acids is 2. The Kier molecular flexibility index (Phi) is 5.15. The molecule has 0 radical (unpaired) electrons. The lowest BCUT2D eigenvalue weighted by Crippen LogP contribution is -2.44. The first-order valence-electron chi connectivity index (χ1n) is 7.54. The molecule has 8 heteroatoms. The van der Waals surface area contributed by atoms with Crippen LogP contribution in [0.25, 0.3) is 0 Å². The molecule has 0 saturated carbocycles. The van der Waals surface area contributed by atoms with E-state index in [9.17, 15) is 14.0 Å². The topological polar surface area (TPSA) is 52.7 Å². The Balaban J connectivity index is 1.86. The van der Waals surface area contributed by atoms with Crippen LogP contribution in [0, 0.1) is 5.82 Å². The number of thioether (sulfide) groups is 1. The minimum atomic E-state index is -0.279. The Morgan fingerprint density at radius 2 is 2.12 bits per heavy atom. The monoisotopic (exact) mass is 413 g/mol. The number of likely N-dealkylation sites (tertiary alicyclic amines) is 1. The fourth-order valence-corrected chi connectivity index (χ4v) is 4.62. The second-order valence-corrected chi connectivity index (χ2v) is 7.83. The molecule has 1 aromatic rings. The molecule has 1 aromatic carbocycles. The maximum absolute atomic E-state index is 13.1. The number of amides is 2. The molecule has 0 bridgehead atoms. The molecule has 3 rings (SSSR count). The van der Waals surface area contributed by atoms with Crippen molar-refractivity contribution in [2.75, 3.05) is 6.54 Å². The first kappa shape index (κ1) is 17.3. The van der Waals surface area contributed by atoms with Gasteiger partial charge >= 0.3 is 0 Å². The summed E-state index contributed by atoms with van der Waals surface area (Å²) in [6, 6.07) is 6.31. The summed E-state index contributed by atoms with van der Waals surface area (Å²) in [5.41, 5.74) is 1.62. The summed E-state index contributed by atoms with van der Waals surface area (Å²) < 4.78 is 13.1. The number of benzene rings is 1. The number of rotatable bonds is 5. The smallest absolute Gasteiger partial charge is 0.238 e. The predicted molar refractivity (Wildman–Crippen MR) is 94.3 cm³/mol. The van der Waals surface area contributed by atoms with Crippen molar-refractivity contribution < 1.29 is 14.0 Å². The highest BCUT2D eigenvalue weighted by Gasteiger charge is 2.41. The molecule has 1 fully saturated rings. The van der Waals surface area contributed by atoms with E-state index in [1.165, 1.54) is 23.9 Å². The molecular formula is C16H17BrFN3O2S. The Bertz CT molecular complexity index is 682. The lowest BCUT2D eigenvalue weighted by atomic mass is 10.2. The zero-order valence-corrected chi connectivity index (χ0v) is 15.4. The van der Waals surface area contributed by atoms with Crippen LogP contribution in [-0.4, -0.2) is 39.0 Å². The van der Waals surface area contributed by atoms with Gasteiger partial charge in [0, 0.05) is 18.8 Å². The van der Waals surface area contributed by atoms with Gasteiger partial charge in [0.15, 0.2) is 5.50 Å². The number of nitrogens with one attached hydrogen (secondary N) is 1. The highest BCUT2D eigenvalue weighted by molar-refractivity contribution is 9.10. The number of allylic oxidation sites excluding steroid dienone is 1. The van der Waals surface area contributed by atoms with E-state index in [-0.39, 0.29) is 22.0 Å². The third kappa shape index (κ3) is 3.30. The van der Waals surface area contributed by atoms with Crippen LogP contribution in [-0.2, 0) is 16.1 Å². The van der Waals surface area contributed by atoms with E-state index in [2.05, 4.69) is 26.1 Å². The molecule has 2 atom stereocenters. The zero-order chi connectivity index (χ0) is 17.3. The van der Waals surface area contributed by atoms with E-state index in [1.54, 1.807) is 12.1 Å². The highest BCUT2D eigenvalue weighted by atomic mass is 79.9. The maximum Gasteiger partial charge on any atom is 0.238 e. The minimum absolute atomic E-state index is 0.0526. The number of halogens is 2. The lowest BCUT2D eigenvalue weighted by Gasteiger charge is -2.34. The first-order valence-corrected chi connectivity index (χ1v) is 9.34. The van der Waals surface area contributed by atoms with Crippen LogP contribution in [0.4, 0.5) is 4.39 Å². The third-order valence-electron chi connectivity index (χ3n) is 4.15. The van der Waals surface area contributed by atoms with Crippen molar-refractivity contribution in [1.82, 2.24) is 15.1 Å². The normalized spacial score (nSPS) is 24.0. The maximum atomic E-state index is 13.1. The fourth-order valence-electron chi connectivity index (χ4n) is 2.84. The van der Waals surface area contributed by atoms with Gasteiger partial charge in [-0.15, -0.1) is 0 Å². The number of hydrogen-bond acceptors (Lipinski definition) is 4. The van der Waals surface area contributed by atoms with Gasteiger partial charge in [-0.2, -0.15) is 0 Å². The highest BCUT2D eigenvalue weighted by Crippen LogP contribution is 2.41. The molecule has 24 heavy (non-hydrogen) atoms. The number of carbonyl (C=O) groups is 2. The van der Waals surface area contributed by atoms with E-state index in [0.717, 1.165) is 22.7 Å². The molecule has 5 nitrogen and oxygen atoms in total. The molecule has 0 aliphatic carbocycles. The number of nitrogens with zero attached hydrogens (tertiary/aromatic N) is 2. The molecule has 2 amide bonds. The number of alkyl halides is 1. The van der Waals surface area contributed by atoms with Gasteiger partial charge in [0.05, 0.1) is 9.86 Å². The molecule has 0 aromatic heterocycles. The summed E-state index contributed by atoms with van der Waals surface area (Å²) >= 11 is 4.85. The molecule has 128 valence electrons. The SMILES string of the molecule is CC1=C(NC=O)SC(N2CCC(Br)C2=O)N1Cc1ccc(F)cc1. The summed E-state index contributed by atoms with van der Waals surface area (Å²) in [6.45, 7) is 3.10. The Hall–Kier alpha value is -1.54. The Labute approximate surface area is 152 Å². The van der Waals surface area contributed by atoms with Crippen LogP contribution < -0.4 is 5.32 Å². The molecule has 1 saturated heterocycles. The first-order chi connectivity index (χ1) is 11.5. The summed E-state index contributed by atoms with van der Waals surface area (Å²) in [4.78, 5) is 27.0. The molecule has 2 aliphatic heterocycles. The van der Waals surface area contributed by atoms with E-state index < -0.39 is 0 Å². The quantitative estimate of drug-likeness (QED) is 0.595. The van der Waals surface area contributed by atoms with Crippen LogP contribution in [0.3, 0.4) is 0 Å². The van der Waals surface area contributed by atoms with Crippen LogP contribution in [0.15, 0.2) is 35.0 Å². The van der Waals surface area contributed by atoms with Crippen molar-refractivity contribution in [2.45, 2.75) is 30.2 Å². The van der Waals surface area contributed by atoms with E-state index >= 15 is 0 Å². The molecule has 2 heterocycles. The average molecular weight is 414 g/mol. The second-order valence-electron chi connectivity index (χ2n) is 5.66. The Morgan fingerprint density at radius 3 is 2.71 bits per heavy atom. The van der Waals surface area contributed by atoms with Crippen molar-refractivity contribution >= 4 is 40.0 Å². The zero-order valence-electron chi connectivity index (χ0n) is 13.0. The summed E-state index contributed by atoms with van der Waals surface area (Å²) in [5.74, 6) is -0.227. The van der Waals surface area contributed by atoms with Gasteiger partial charge in [-0.05, 0) is 31.0 Å². The van der Waals surface area contributed by atoms with Crippen LogP contribution in [0.2, 0.25) is 0 Å². The van der Waals surface area contributed by atoms with Gasteiger partial charge in [0.25, 0.3) is 0 Å². The molecule has 2 unspecified atom stereocenters. The van der Waals surface area contributed by atoms with Crippen molar-refractivity contribution in [2.24, 2.45) is 0 Å². The van der Waals surface area contributed by atoms with Gasteiger partial charge in [0.2, 0.25) is 12.3 Å². The molecule has 2 aliphatic rings. The fraction of sp³-hybridized carbons (Fsp3) is 0.375. The van der Waals surface area contributed by atoms with E-state index in [4.69, 9.17) is 0 Å². The second kappa shape index (κ2) is 7.14. The summed E-state index contributed by atoms with van der Waals surface area (Å²) in [7, 11) is 0. The van der Waals surface area contributed by atoms with Gasteiger partial charge in [-0.3, -0.25) is 9.59 Å². The van der Waals surface area contributed by atoms with Gasteiger partial charge in [-0.25, -0.2) is 4.39 Å². The third-order valence-corrected chi connectivity index (χ3v) is 6.36. The van der Waals surface area contributed by atoms with E-state index in [1.807, 2.05) is 11.8 Å². The van der Waals surface area contributed by atoms with Crippen LogP contribution in [0.5, 0.6) is 0 Å². The van der Waals surface area contributed by atoms with Gasteiger partial charge < -0.3 is 15.1 Å². The largest absolute Gasteiger partial charge is 0.339 e. The summed E-state index contributed by atoms with van der Waals surface area (Å²) in [5, 5.41) is 3.45. The molecular weight excluding hydrogens is 397 g/mol.